The van der Waals surface area contributed by atoms with Gasteiger partial charge in [-0.15, -0.1) is 0 Å². The number of rotatable bonds is 4. The van der Waals surface area contributed by atoms with E-state index in [1.165, 1.54) is 28.8 Å². The van der Waals surface area contributed by atoms with Crippen LogP contribution in [0.5, 0.6) is 0 Å². The van der Waals surface area contributed by atoms with Crippen LogP contribution in [0.4, 0.5) is 4.39 Å². The minimum Gasteiger partial charge on any atom is -0.331 e. The molecule has 0 bridgehead atoms. The van der Waals surface area contributed by atoms with Gasteiger partial charge >= 0.3 is 0 Å². The van der Waals surface area contributed by atoms with Gasteiger partial charge in [0.05, 0.1) is 5.54 Å². The van der Waals surface area contributed by atoms with Gasteiger partial charge in [-0.05, 0) is 25.8 Å². The predicted octanol–water partition coefficient (Wildman–Crippen LogP) is 1.59. The summed E-state index contributed by atoms with van der Waals surface area (Å²) in [6.45, 7) is 2.44. The van der Waals surface area contributed by atoms with E-state index in [0.717, 1.165) is 0 Å². The largest absolute Gasteiger partial charge is 0.331 e. The number of likely N-dealkylation sites (tertiary alicyclic amines) is 1. The third kappa shape index (κ3) is 2.96. The van der Waals surface area contributed by atoms with Gasteiger partial charge < -0.3 is 4.90 Å². The van der Waals surface area contributed by atoms with Gasteiger partial charge in [-0.2, -0.15) is 17.0 Å². The maximum Gasteiger partial charge on any atom is 0.281 e. The topological polar surface area (TPSA) is 60.9 Å². The fourth-order valence-electron chi connectivity index (χ4n) is 3.97. The third-order valence-electron chi connectivity index (χ3n) is 5.50. The van der Waals surface area contributed by atoms with Crippen molar-refractivity contribution < 1.29 is 17.6 Å². The Labute approximate surface area is 148 Å². The SMILES string of the molecule is CN(C)S(=O)(=O)N1CC[C@@]2(C)[C@@H]1CCC(=O)N2Cc1ccccc1F. The summed E-state index contributed by atoms with van der Waals surface area (Å²) in [6.07, 6.45) is 1.31. The molecule has 1 aromatic carbocycles. The molecule has 6 nitrogen and oxygen atoms in total. The number of benzene rings is 1. The van der Waals surface area contributed by atoms with E-state index in [-0.39, 0.29) is 30.7 Å². The van der Waals surface area contributed by atoms with Gasteiger partial charge in [0.2, 0.25) is 5.91 Å². The molecule has 2 atom stereocenters. The van der Waals surface area contributed by atoms with Crippen molar-refractivity contribution in [2.75, 3.05) is 20.6 Å². The molecule has 138 valence electrons. The summed E-state index contributed by atoms with van der Waals surface area (Å²) in [7, 11) is -0.532. The zero-order valence-electron chi connectivity index (χ0n) is 14.8. The van der Waals surface area contributed by atoms with Gasteiger partial charge in [0.1, 0.15) is 5.82 Å². The van der Waals surface area contributed by atoms with Gasteiger partial charge in [-0.25, -0.2) is 4.39 Å². The van der Waals surface area contributed by atoms with E-state index in [2.05, 4.69) is 0 Å². The van der Waals surface area contributed by atoms with Crippen LogP contribution in [0.2, 0.25) is 0 Å². The first kappa shape index (κ1) is 18.3. The van der Waals surface area contributed by atoms with Crippen molar-refractivity contribution in [3.05, 3.63) is 35.6 Å². The molecule has 0 spiro atoms. The molecule has 2 fully saturated rings. The lowest BCUT2D eigenvalue weighted by molar-refractivity contribution is -0.143. The first-order valence-corrected chi connectivity index (χ1v) is 9.81. The van der Waals surface area contributed by atoms with Gasteiger partial charge in [0.25, 0.3) is 10.2 Å². The molecule has 0 radical (unpaired) electrons. The maximum absolute atomic E-state index is 14.1. The van der Waals surface area contributed by atoms with Crippen molar-refractivity contribution in [2.24, 2.45) is 0 Å². The van der Waals surface area contributed by atoms with E-state index in [0.29, 0.717) is 24.9 Å². The molecule has 8 heteroatoms. The average Bonchev–Trinajstić information content (AvgIpc) is 2.90. The molecule has 25 heavy (non-hydrogen) atoms. The van der Waals surface area contributed by atoms with Crippen LogP contribution in [0.1, 0.15) is 31.7 Å². The molecule has 1 aromatic rings. The highest BCUT2D eigenvalue weighted by molar-refractivity contribution is 7.86. The number of amides is 1. The Balaban J connectivity index is 1.93. The highest BCUT2D eigenvalue weighted by Gasteiger charge is 2.55. The normalized spacial score (nSPS) is 27.8. The van der Waals surface area contributed by atoms with Gasteiger partial charge in [-0.3, -0.25) is 4.79 Å². The van der Waals surface area contributed by atoms with Crippen LogP contribution < -0.4 is 0 Å². The van der Waals surface area contributed by atoms with Crippen molar-refractivity contribution in [3.63, 3.8) is 0 Å². The number of piperidine rings is 1. The molecule has 2 aliphatic rings. The molecule has 0 aromatic heterocycles. The monoisotopic (exact) mass is 369 g/mol. The molecule has 0 saturated carbocycles. The minimum absolute atomic E-state index is 0.0499. The zero-order valence-corrected chi connectivity index (χ0v) is 15.6. The van der Waals surface area contributed by atoms with Gasteiger partial charge in [-0.1, -0.05) is 18.2 Å². The highest BCUT2D eigenvalue weighted by atomic mass is 32.2. The fraction of sp³-hybridized carbons (Fsp3) is 0.588. The lowest BCUT2D eigenvalue weighted by Gasteiger charge is -2.47. The summed E-state index contributed by atoms with van der Waals surface area (Å²) < 4.78 is 42.0. The third-order valence-corrected chi connectivity index (χ3v) is 7.45. The second kappa shape index (κ2) is 6.34. The Morgan fingerprint density at radius 2 is 2.00 bits per heavy atom. The van der Waals surface area contributed by atoms with E-state index in [1.54, 1.807) is 23.1 Å². The van der Waals surface area contributed by atoms with Crippen LogP contribution in [0.3, 0.4) is 0 Å². The number of nitrogens with zero attached hydrogens (tertiary/aromatic N) is 3. The van der Waals surface area contributed by atoms with Crippen molar-refractivity contribution in [1.82, 2.24) is 13.5 Å². The van der Waals surface area contributed by atoms with Crippen LogP contribution in [-0.4, -0.2) is 60.1 Å². The lowest BCUT2D eigenvalue weighted by atomic mass is 9.83. The Kier molecular flexibility index (Phi) is 4.63. The number of carbonyl (C=O) groups is 1. The Morgan fingerprint density at radius 3 is 2.64 bits per heavy atom. The molecule has 0 aliphatic carbocycles. The smallest absolute Gasteiger partial charge is 0.281 e. The molecule has 3 rings (SSSR count). The van der Waals surface area contributed by atoms with Crippen LogP contribution in [-0.2, 0) is 21.5 Å². The standard InChI is InChI=1S/C17H24FN3O3S/c1-17-10-11-21(25(23,24)19(2)3)15(17)8-9-16(22)20(17)12-13-6-4-5-7-14(13)18/h4-7,15H,8-12H2,1-3H3/t15-,17-/m0/s1. The fourth-order valence-corrected chi connectivity index (χ4v) is 5.37. The molecule has 0 unspecified atom stereocenters. The summed E-state index contributed by atoms with van der Waals surface area (Å²) in [6, 6.07) is 6.11. The summed E-state index contributed by atoms with van der Waals surface area (Å²) >= 11 is 0. The zero-order chi connectivity index (χ0) is 18.4. The summed E-state index contributed by atoms with van der Waals surface area (Å²) in [5.41, 5.74) is -0.174. The number of halogens is 1. The summed E-state index contributed by atoms with van der Waals surface area (Å²) in [4.78, 5) is 14.2. The molecule has 0 N–H and O–H groups in total. The van der Waals surface area contributed by atoms with E-state index in [1.807, 2.05) is 6.92 Å². The quantitative estimate of drug-likeness (QED) is 0.810. The number of carbonyl (C=O) groups excluding carboxylic acids is 1. The number of fused-ring (bicyclic) bond motifs is 1. The lowest BCUT2D eigenvalue weighted by Crippen LogP contribution is -2.61. The number of hydrogen-bond acceptors (Lipinski definition) is 3. The second-order valence-corrected chi connectivity index (χ2v) is 9.23. The first-order chi connectivity index (χ1) is 11.7. The van der Waals surface area contributed by atoms with Gasteiger partial charge in [0.15, 0.2) is 0 Å². The van der Waals surface area contributed by atoms with Crippen LogP contribution >= 0.6 is 0 Å². The molecule has 2 saturated heterocycles. The minimum atomic E-state index is -3.55. The van der Waals surface area contributed by atoms with Crippen molar-refractivity contribution in [2.45, 2.75) is 44.3 Å². The predicted molar refractivity (Wildman–Crippen MR) is 92.3 cm³/mol. The van der Waals surface area contributed by atoms with Gasteiger partial charge in [0, 0.05) is 45.2 Å². The van der Waals surface area contributed by atoms with Crippen molar-refractivity contribution >= 4 is 16.1 Å². The number of hydrogen-bond donors (Lipinski definition) is 0. The molecular weight excluding hydrogens is 345 g/mol. The summed E-state index contributed by atoms with van der Waals surface area (Å²) in [5, 5.41) is 0. The van der Waals surface area contributed by atoms with Crippen LogP contribution in [0, 0.1) is 5.82 Å². The average molecular weight is 369 g/mol. The second-order valence-electron chi connectivity index (χ2n) is 7.13. The van der Waals surface area contributed by atoms with E-state index in [9.17, 15) is 17.6 Å². The van der Waals surface area contributed by atoms with Crippen LogP contribution in [0.25, 0.3) is 0 Å². The maximum atomic E-state index is 14.1. The van der Waals surface area contributed by atoms with E-state index in [4.69, 9.17) is 0 Å². The Hall–Kier alpha value is -1.51. The highest BCUT2D eigenvalue weighted by Crippen LogP contribution is 2.42. The Morgan fingerprint density at radius 1 is 1.32 bits per heavy atom. The molecule has 1 amide bonds. The van der Waals surface area contributed by atoms with Crippen LogP contribution in [0.15, 0.2) is 24.3 Å². The summed E-state index contributed by atoms with van der Waals surface area (Å²) in [5.74, 6) is -0.400. The van der Waals surface area contributed by atoms with Crippen molar-refractivity contribution in [3.8, 4) is 0 Å². The first-order valence-electron chi connectivity index (χ1n) is 8.41. The molecular formula is C17H24FN3O3S. The molecule has 2 heterocycles. The van der Waals surface area contributed by atoms with E-state index >= 15 is 0 Å². The van der Waals surface area contributed by atoms with E-state index < -0.39 is 15.7 Å². The van der Waals surface area contributed by atoms with Crippen molar-refractivity contribution in [1.29, 1.82) is 0 Å². The Bertz CT molecular complexity index is 783. The molecule has 2 aliphatic heterocycles.